The van der Waals surface area contributed by atoms with Gasteiger partial charge in [0.2, 0.25) is 5.91 Å². The highest BCUT2D eigenvalue weighted by molar-refractivity contribution is 6.01. The van der Waals surface area contributed by atoms with Crippen molar-refractivity contribution < 1.29 is 18.7 Å². The summed E-state index contributed by atoms with van der Waals surface area (Å²) in [7, 11) is 1.66. The number of carbonyl (C=O) groups excluding carboxylic acids is 1. The summed E-state index contributed by atoms with van der Waals surface area (Å²) in [6, 6.07) is 10.0. The minimum Gasteiger partial charge on any atom is -0.497 e. The number of furan rings is 1. The average molecular weight is 450 g/mol. The lowest BCUT2D eigenvalue weighted by Gasteiger charge is -2.20. The molecule has 3 aromatic rings. The third-order valence-electron chi connectivity index (χ3n) is 5.80. The Labute approximate surface area is 197 Å². The van der Waals surface area contributed by atoms with Crippen molar-refractivity contribution in [3.05, 3.63) is 53.8 Å². The molecule has 1 amide bonds. The molecule has 5 heteroatoms. The van der Waals surface area contributed by atoms with Crippen molar-refractivity contribution in [1.29, 1.82) is 0 Å². The van der Waals surface area contributed by atoms with E-state index in [4.69, 9.17) is 13.9 Å². The number of aryl methyl sites for hydroxylation is 1. The number of methoxy groups -OCH3 is 1. The number of allylic oxidation sites excluding steroid dienone is 1. The van der Waals surface area contributed by atoms with Crippen molar-refractivity contribution in [2.24, 2.45) is 0 Å². The SMILES string of the molecule is CCCN(CCC)C(=O)/C=C(\C)c1cc2c(-c3ccc(OC)cc3)coc2c(C)c1OCC. The third-order valence-corrected chi connectivity index (χ3v) is 5.80. The molecule has 1 heterocycles. The maximum atomic E-state index is 13.0. The lowest BCUT2D eigenvalue weighted by molar-refractivity contribution is -0.126. The number of carbonyl (C=O) groups is 1. The summed E-state index contributed by atoms with van der Waals surface area (Å²) in [6.07, 6.45) is 5.40. The third kappa shape index (κ3) is 5.24. The van der Waals surface area contributed by atoms with Gasteiger partial charge in [0.25, 0.3) is 0 Å². The van der Waals surface area contributed by atoms with Crippen LogP contribution in [0, 0.1) is 6.92 Å². The fourth-order valence-electron chi connectivity index (χ4n) is 4.16. The van der Waals surface area contributed by atoms with E-state index in [0.29, 0.717) is 6.61 Å². The van der Waals surface area contributed by atoms with Crippen LogP contribution in [0.15, 0.2) is 47.1 Å². The first-order valence-electron chi connectivity index (χ1n) is 11.7. The number of ether oxygens (including phenoxy) is 2. The van der Waals surface area contributed by atoms with E-state index in [9.17, 15) is 4.79 Å². The molecule has 0 aliphatic carbocycles. The summed E-state index contributed by atoms with van der Waals surface area (Å²) in [5.74, 6) is 1.61. The summed E-state index contributed by atoms with van der Waals surface area (Å²) < 4.78 is 17.3. The minimum atomic E-state index is 0.0407. The van der Waals surface area contributed by atoms with E-state index in [0.717, 1.165) is 76.2 Å². The normalized spacial score (nSPS) is 11.6. The Kier molecular flexibility index (Phi) is 8.21. The molecule has 0 fully saturated rings. The molecule has 0 saturated carbocycles. The lowest BCUT2D eigenvalue weighted by atomic mass is 9.96. The highest BCUT2D eigenvalue weighted by Crippen LogP contribution is 2.41. The van der Waals surface area contributed by atoms with Crippen LogP contribution in [-0.2, 0) is 4.79 Å². The number of hydrogen-bond acceptors (Lipinski definition) is 4. The number of amides is 1. The summed E-state index contributed by atoms with van der Waals surface area (Å²) in [5, 5.41) is 0.996. The van der Waals surface area contributed by atoms with Gasteiger partial charge in [0, 0.05) is 41.2 Å². The standard InChI is InChI=1S/C28H35NO4/c1-7-14-29(15-8-2)26(30)16-19(4)23-17-24-25(21-10-12-22(31-6)13-11-21)18-33-28(24)20(5)27(23)32-9-3/h10-13,16-18H,7-9,14-15H2,1-6H3/b19-16+. The van der Waals surface area contributed by atoms with E-state index in [1.54, 1.807) is 19.4 Å². The smallest absolute Gasteiger partial charge is 0.246 e. The van der Waals surface area contributed by atoms with Gasteiger partial charge in [0.1, 0.15) is 17.1 Å². The molecule has 0 radical (unpaired) electrons. The predicted molar refractivity (Wildman–Crippen MR) is 135 cm³/mol. The molecule has 0 bridgehead atoms. The van der Waals surface area contributed by atoms with Crippen LogP contribution < -0.4 is 9.47 Å². The molecule has 1 aromatic heterocycles. The van der Waals surface area contributed by atoms with Gasteiger partial charge in [0.15, 0.2) is 0 Å². The molecule has 0 aliphatic rings. The summed E-state index contributed by atoms with van der Waals surface area (Å²) in [4.78, 5) is 14.9. The number of rotatable bonds is 10. The first kappa shape index (κ1) is 24.4. The molecule has 5 nitrogen and oxygen atoms in total. The van der Waals surface area contributed by atoms with Gasteiger partial charge in [-0.15, -0.1) is 0 Å². The van der Waals surface area contributed by atoms with Crippen molar-refractivity contribution in [3.8, 4) is 22.6 Å². The monoisotopic (exact) mass is 449 g/mol. The van der Waals surface area contributed by atoms with Crippen LogP contribution in [0.2, 0.25) is 0 Å². The summed E-state index contributed by atoms with van der Waals surface area (Å²) >= 11 is 0. The molecule has 3 rings (SSSR count). The Bertz CT molecular complexity index is 1120. The molecule has 33 heavy (non-hydrogen) atoms. The van der Waals surface area contributed by atoms with Crippen LogP contribution in [0.3, 0.4) is 0 Å². The largest absolute Gasteiger partial charge is 0.497 e. The molecular formula is C28H35NO4. The zero-order valence-corrected chi connectivity index (χ0v) is 20.7. The van der Waals surface area contributed by atoms with Crippen LogP contribution >= 0.6 is 0 Å². The zero-order valence-electron chi connectivity index (χ0n) is 20.7. The van der Waals surface area contributed by atoms with Crippen LogP contribution in [0.25, 0.3) is 27.7 Å². The number of fused-ring (bicyclic) bond motifs is 1. The van der Waals surface area contributed by atoms with Gasteiger partial charge < -0.3 is 18.8 Å². The second-order valence-electron chi connectivity index (χ2n) is 8.22. The van der Waals surface area contributed by atoms with Crippen LogP contribution in [0.1, 0.15) is 51.7 Å². The zero-order chi connectivity index (χ0) is 24.0. The van der Waals surface area contributed by atoms with Crippen molar-refractivity contribution >= 4 is 22.4 Å². The quantitative estimate of drug-likeness (QED) is 0.317. The second-order valence-corrected chi connectivity index (χ2v) is 8.22. The van der Waals surface area contributed by atoms with Gasteiger partial charge in [0.05, 0.1) is 20.0 Å². The average Bonchev–Trinajstić information content (AvgIpc) is 3.25. The van der Waals surface area contributed by atoms with Crippen molar-refractivity contribution in [2.75, 3.05) is 26.8 Å². The molecule has 2 aromatic carbocycles. The Balaban J connectivity index is 2.12. The Morgan fingerprint density at radius 3 is 2.33 bits per heavy atom. The van der Waals surface area contributed by atoms with Crippen LogP contribution in [-0.4, -0.2) is 37.6 Å². The maximum absolute atomic E-state index is 13.0. The van der Waals surface area contributed by atoms with E-state index in [1.165, 1.54) is 0 Å². The number of benzene rings is 2. The minimum absolute atomic E-state index is 0.0407. The number of nitrogens with zero attached hydrogens (tertiary/aromatic N) is 1. The Morgan fingerprint density at radius 1 is 1.09 bits per heavy atom. The van der Waals surface area contributed by atoms with E-state index < -0.39 is 0 Å². The second kappa shape index (κ2) is 11.1. The summed E-state index contributed by atoms with van der Waals surface area (Å²) in [6.45, 7) is 12.2. The fourth-order valence-corrected chi connectivity index (χ4v) is 4.16. The first-order valence-corrected chi connectivity index (χ1v) is 11.7. The van der Waals surface area contributed by atoms with Gasteiger partial charge in [-0.3, -0.25) is 4.79 Å². The molecule has 176 valence electrons. The van der Waals surface area contributed by atoms with Gasteiger partial charge in [-0.1, -0.05) is 26.0 Å². The molecule has 0 atom stereocenters. The highest BCUT2D eigenvalue weighted by Gasteiger charge is 2.20. The maximum Gasteiger partial charge on any atom is 0.246 e. The van der Waals surface area contributed by atoms with Crippen LogP contribution in [0.4, 0.5) is 0 Å². The molecular weight excluding hydrogens is 414 g/mol. The first-order chi connectivity index (χ1) is 15.9. The predicted octanol–water partition coefficient (Wildman–Crippen LogP) is 6.87. The molecule has 0 spiro atoms. The van der Waals surface area contributed by atoms with E-state index in [1.807, 2.05) is 49.9 Å². The van der Waals surface area contributed by atoms with Gasteiger partial charge in [-0.25, -0.2) is 0 Å². The topological polar surface area (TPSA) is 51.9 Å². The fraction of sp³-hybridized carbons (Fsp3) is 0.393. The van der Waals surface area contributed by atoms with Crippen molar-refractivity contribution in [3.63, 3.8) is 0 Å². The van der Waals surface area contributed by atoms with E-state index in [2.05, 4.69) is 19.9 Å². The van der Waals surface area contributed by atoms with Gasteiger partial charge >= 0.3 is 0 Å². The molecule has 0 saturated heterocycles. The number of hydrogen-bond donors (Lipinski definition) is 0. The summed E-state index contributed by atoms with van der Waals surface area (Å²) in [5.41, 5.74) is 5.57. The molecule has 0 unspecified atom stereocenters. The van der Waals surface area contributed by atoms with E-state index in [-0.39, 0.29) is 5.91 Å². The van der Waals surface area contributed by atoms with Crippen molar-refractivity contribution in [2.45, 2.75) is 47.5 Å². The van der Waals surface area contributed by atoms with E-state index >= 15 is 0 Å². The highest BCUT2D eigenvalue weighted by atomic mass is 16.5. The van der Waals surface area contributed by atoms with Crippen molar-refractivity contribution in [1.82, 2.24) is 4.90 Å². The van der Waals surface area contributed by atoms with Gasteiger partial charge in [-0.05, 0) is 62.9 Å². The Morgan fingerprint density at radius 2 is 1.76 bits per heavy atom. The molecule has 0 N–H and O–H groups in total. The van der Waals surface area contributed by atoms with Gasteiger partial charge in [-0.2, -0.15) is 0 Å². The van der Waals surface area contributed by atoms with Crippen LogP contribution in [0.5, 0.6) is 11.5 Å². The molecule has 0 aliphatic heterocycles. The Hall–Kier alpha value is -3.21. The lowest BCUT2D eigenvalue weighted by Crippen LogP contribution is -2.31.